The van der Waals surface area contributed by atoms with Gasteiger partial charge < -0.3 is 10.2 Å². The normalized spacial score (nSPS) is 13.0. The van der Waals surface area contributed by atoms with Gasteiger partial charge in [0.15, 0.2) is 11.5 Å². The van der Waals surface area contributed by atoms with Gasteiger partial charge in [-0.15, -0.1) is 23.5 Å². The zero-order chi connectivity index (χ0) is 31.9. The first kappa shape index (κ1) is 30.5. The summed E-state index contributed by atoms with van der Waals surface area (Å²) in [5, 5.41) is 21.8. The summed E-state index contributed by atoms with van der Waals surface area (Å²) in [4.78, 5) is 2.15. The third kappa shape index (κ3) is 7.22. The lowest BCUT2D eigenvalue weighted by Crippen LogP contribution is -2.04. The first-order chi connectivity index (χ1) is 22.5. The number of hydrogen-bond donors (Lipinski definition) is 2. The molecule has 4 aromatic carbocycles. The number of thioether (sulfide) groups is 2. The average molecular weight is 627 g/mol. The quantitative estimate of drug-likeness (QED) is 0.173. The van der Waals surface area contributed by atoms with Crippen LogP contribution in [-0.4, -0.2) is 22.7 Å². The highest BCUT2D eigenvalue weighted by Crippen LogP contribution is 2.28. The van der Waals surface area contributed by atoms with Crippen molar-refractivity contribution in [2.45, 2.75) is 22.6 Å². The van der Waals surface area contributed by atoms with Crippen molar-refractivity contribution < 1.29 is 10.2 Å². The summed E-state index contributed by atoms with van der Waals surface area (Å²) in [5.74, 6) is 31.8. The van der Waals surface area contributed by atoms with E-state index in [2.05, 4.69) is 59.2 Å². The second-order valence-corrected chi connectivity index (χ2v) is 12.1. The summed E-state index contributed by atoms with van der Waals surface area (Å²) in [6.07, 6.45) is 4.95. The van der Waals surface area contributed by atoms with E-state index in [0.29, 0.717) is 24.0 Å². The third-order valence-electron chi connectivity index (χ3n) is 7.33. The molecular formula is C42H26O2S2. The maximum absolute atomic E-state index is 10.9. The Labute approximate surface area is 279 Å². The van der Waals surface area contributed by atoms with Crippen LogP contribution in [0.2, 0.25) is 0 Å². The second kappa shape index (κ2) is 14.0. The van der Waals surface area contributed by atoms with Crippen LogP contribution in [0.1, 0.15) is 57.3 Å². The molecule has 0 amide bonds. The molecule has 4 heteroatoms. The van der Waals surface area contributed by atoms with Crippen LogP contribution < -0.4 is 0 Å². The minimum Gasteiger partial charge on any atom is -0.504 e. The number of hydrogen-bond acceptors (Lipinski definition) is 4. The van der Waals surface area contributed by atoms with Crippen LogP contribution in [0.4, 0.5) is 0 Å². The number of fused-ring (bicyclic) bond motifs is 2. The van der Waals surface area contributed by atoms with Crippen LogP contribution in [0.5, 0.6) is 0 Å². The van der Waals surface area contributed by atoms with Gasteiger partial charge in [0, 0.05) is 65.4 Å². The Bertz CT molecular complexity index is 2120. The highest BCUT2D eigenvalue weighted by molar-refractivity contribution is 7.98. The van der Waals surface area contributed by atoms with Crippen molar-refractivity contribution in [3.8, 4) is 59.2 Å². The van der Waals surface area contributed by atoms with Gasteiger partial charge in [-0.2, -0.15) is 0 Å². The summed E-state index contributed by atoms with van der Waals surface area (Å²) in [5.41, 5.74) is 7.40. The lowest BCUT2D eigenvalue weighted by molar-refractivity contribution is 0.313. The molecule has 218 valence electrons. The first-order valence-corrected chi connectivity index (χ1v) is 16.9. The Kier molecular flexibility index (Phi) is 9.31. The van der Waals surface area contributed by atoms with E-state index in [-0.39, 0.29) is 11.5 Å². The van der Waals surface area contributed by atoms with Crippen molar-refractivity contribution in [2.24, 2.45) is 0 Å². The van der Waals surface area contributed by atoms with E-state index in [1.807, 2.05) is 97.4 Å². The highest BCUT2D eigenvalue weighted by atomic mass is 32.2. The summed E-state index contributed by atoms with van der Waals surface area (Å²) >= 11 is 3.27. The topological polar surface area (TPSA) is 40.5 Å². The van der Waals surface area contributed by atoms with E-state index < -0.39 is 0 Å². The molecule has 6 bridgehead atoms. The van der Waals surface area contributed by atoms with Crippen molar-refractivity contribution >= 4 is 23.5 Å². The van der Waals surface area contributed by atoms with Crippen LogP contribution >= 0.6 is 23.5 Å². The number of allylic oxidation sites excluding steroid dienone is 2. The molecule has 0 aromatic heterocycles. The zero-order valence-electron chi connectivity index (χ0n) is 25.2. The van der Waals surface area contributed by atoms with Gasteiger partial charge in [-0.1, -0.05) is 71.3 Å². The molecule has 46 heavy (non-hydrogen) atoms. The van der Waals surface area contributed by atoms with E-state index >= 15 is 0 Å². The predicted octanol–water partition coefficient (Wildman–Crippen LogP) is 8.46. The molecule has 0 fully saturated rings. The molecule has 0 radical (unpaired) electrons. The van der Waals surface area contributed by atoms with Gasteiger partial charge >= 0.3 is 0 Å². The van der Waals surface area contributed by atoms with Crippen LogP contribution in [0.25, 0.3) is 0 Å². The Morgan fingerprint density at radius 3 is 1.20 bits per heavy atom. The maximum atomic E-state index is 10.9. The molecule has 0 atom stereocenters. The Balaban J connectivity index is 1.52. The maximum Gasteiger partial charge on any atom is 0.170 e. The number of rotatable bonds is 2. The molecule has 0 heterocycles. The van der Waals surface area contributed by atoms with Gasteiger partial charge in [-0.3, -0.25) is 0 Å². The minimum atomic E-state index is -0.235. The van der Waals surface area contributed by atoms with Crippen molar-refractivity contribution in [2.75, 3.05) is 12.5 Å². The van der Waals surface area contributed by atoms with E-state index in [4.69, 9.17) is 0 Å². The van der Waals surface area contributed by atoms with E-state index in [0.717, 1.165) is 54.3 Å². The third-order valence-corrected chi connectivity index (χ3v) is 8.78. The largest absolute Gasteiger partial charge is 0.504 e. The fraction of sp³-hybridized carbons (Fsp3) is 0.0952. The number of aliphatic hydroxyl groups excluding tert-OH is 2. The standard InChI is InChI=1S/C42H26O2S2/c1-45-39-23-21-33-15-17-35-19-20-36(42(44)41(35)43)18-16-34-22-24-40(46-2)28-38(34)14-12-32-8-4-6-30(26-32)10-9-29-5-3-7-31(25-29)11-13-37(33)27-39/h3-8,21-28,43-44H,19-20H2,1-2H3. The molecule has 0 saturated heterocycles. The van der Waals surface area contributed by atoms with E-state index in [1.165, 1.54) is 0 Å². The molecular weight excluding hydrogens is 601 g/mol. The van der Waals surface area contributed by atoms with Crippen LogP contribution in [0.3, 0.4) is 0 Å². The molecule has 0 aliphatic heterocycles. The molecule has 4 aromatic rings. The lowest BCUT2D eigenvalue weighted by Gasteiger charge is -2.13. The lowest BCUT2D eigenvalue weighted by atomic mass is 9.95. The monoisotopic (exact) mass is 626 g/mol. The molecule has 2 nitrogen and oxygen atoms in total. The number of benzene rings is 4. The summed E-state index contributed by atoms with van der Waals surface area (Å²) in [7, 11) is 0. The molecule has 3 aliphatic rings. The van der Waals surface area contributed by atoms with Gasteiger partial charge in [-0.25, -0.2) is 0 Å². The Morgan fingerprint density at radius 1 is 0.435 bits per heavy atom. The van der Waals surface area contributed by atoms with Crippen LogP contribution in [0.15, 0.2) is 117 Å². The van der Waals surface area contributed by atoms with Gasteiger partial charge in [0.05, 0.1) is 0 Å². The molecule has 7 rings (SSSR count). The molecule has 0 saturated carbocycles. The summed E-state index contributed by atoms with van der Waals surface area (Å²) in [6, 6.07) is 27.7. The predicted molar refractivity (Wildman–Crippen MR) is 190 cm³/mol. The van der Waals surface area contributed by atoms with Crippen molar-refractivity contribution in [1.82, 2.24) is 0 Å². The first-order valence-electron chi connectivity index (χ1n) is 14.5. The average Bonchev–Trinajstić information content (AvgIpc) is 3.09. The second-order valence-electron chi connectivity index (χ2n) is 10.4. The highest BCUT2D eigenvalue weighted by Gasteiger charge is 2.19. The summed E-state index contributed by atoms with van der Waals surface area (Å²) < 4.78 is 0. The van der Waals surface area contributed by atoms with Crippen molar-refractivity contribution in [3.63, 3.8) is 0 Å². The van der Waals surface area contributed by atoms with Crippen LogP contribution in [-0.2, 0) is 0 Å². The van der Waals surface area contributed by atoms with Gasteiger partial charge in [0.25, 0.3) is 0 Å². The molecule has 2 N–H and O–H groups in total. The van der Waals surface area contributed by atoms with Crippen molar-refractivity contribution in [3.05, 3.63) is 152 Å². The van der Waals surface area contributed by atoms with Gasteiger partial charge in [-0.05, 0) is 98.1 Å². The van der Waals surface area contributed by atoms with Crippen molar-refractivity contribution in [1.29, 1.82) is 0 Å². The molecule has 3 aliphatic carbocycles. The summed E-state index contributed by atoms with van der Waals surface area (Å²) in [6.45, 7) is 0. The zero-order valence-corrected chi connectivity index (χ0v) is 26.8. The molecule has 0 unspecified atom stereocenters. The Morgan fingerprint density at radius 2 is 0.804 bits per heavy atom. The fourth-order valence-electron chi connectivity index (χ4n) is 4.80. The SMILES string of the molecule is CSc1ccc2c(c1)C#Cc1cccc(c1)C#Cc1cccc(c1)C#Cc1cc(SC)ccc1C#CC1=C(O)C(O)=C(C#C2)CC1. The van der Waals surface area contributed by atoms with Gasteiger partial charge in [0.1, 0.15) is 0 Å². The van der Waals surface area contributed by atoms with E-state index in [9.17, 15) is 10.2 Å². The smallest absolute Gasteiger partial charge is 0.170 e. The van der Waals surface area contributed by atoms with E-state index in [1.54, 1.807) is 23.5 Å². The van der Waals surface area contributed by atoms with Gasteiger partial charge in [0.2, 0.25) is 0 Å². The molecule has 0 spiro atoms. The minimum absolute atomic E-state index is 0.235. The van der Waals surface area contributed by atoms with Crippen LogP contribution in [0, 0.1) is 59.2 Å². The fourth-order valence-corrected chi connectivity index (χ4v) is 5.68. The Hall–Kier alpha value is -5.54. The number of aliphatic hydroxyl groups is 2.